The number of nitrogens with zero attached hydrogens (tertiary/aromatic N) is 2. The van der Waals surface area contributed by atoms with Crippen molar-refractivity contribution < 1.29 is 9.53 Å². The number of carbonyl (C=O) groups is 1. The maximum Gasteiger partial charge on any atom is 0.251 e. The van der Waals surface area contributed by atoms with Gasteiger partial charge in [-0.3, -0.25) is 9.78 Å². The first-order chi connectivity index (χ1) is 10.2. The number of nitrogens with one attached hydrogen (secondary N) is 1. The van der Waals surface area contributed by atoms with Crippen LogP contribution in [-0.2, 0) is 4.74 Å². The van der Waals surface area contributed by atoms with Crippen LogP contribution in [0.15, 0.2) is 18.5 Å². The van der Waals surface area contributed by atoms with Gasteiger partial charge >= 0.3 is 0 Å². The summed E-state index contributed by atoms with van der Waals surface area (Å²) in [4.78, 5) is 18.6. The first-order valence-electron chi connectivity index (χ1n) is 7.61. The van der Waals surface area contributed by atoms with Gasteiger partial charge in [0, 0.05) is 44.7 Å². The number of pyridine rings is 1. The summed E-state index contributed by atoms with van der Waals surface area (Å²) in [5.74, 6) is 0.533. The van der Waals surface area contributed by atoms with Gasteiger partial charge in [0.05, 0.1) is 6.61 Å². The molecule has 1 saturated heterocycles. The number of ether oxygens (including phenoxy) is 1. The van der Waals surface area contributed by atoms with E-state index in [4.69, 9.17) is 4.74 Å². The van der Waals surface area contributed by atoms with E-state index in [1.807, 2.05) is 6.92 Å². The van der Waals surface area contributed by atoms with E-state index in [0.717, 1.165) is 43.9 Å². The number of piperidine rings is 1. The van der Waals surface area contributed by atoms with Gasteiger partial charge < -0.3 is 15.0 Å². The van der Waals surface area contributed by atoms with E-state index >= 15 is 0 Å². The zero-order valence-electron chi connectivity index (χ0n) is 13.0. The predicted molar refractivity (Wildman–Crippen MR) is 82.3 cm³/mol. The van der Waals surface area contributed by atoms with E-state index < -0.39 is 0 Å². The summed E-state index contributed by atoms with van der Waals surface area (Å²) in [7, 11) is 1.73. The number of rotatable bonds is 6. The Balaban J connectivity index is 1.80. The first-order valence-corrected chi connectivity index (χ1v) is 7.61. The molecule has 0 saturated carbocycles. The molecule has 1 aliphatic rings. The minimum absolute atomic E-state index is 0.00362. The van der Waals surface area contributed by atoms with Crippen molar-refractivity contribution in [1.29, 1.82) is 0 Å². The molecule has 116 valence electrons. The lowest BCUT2D eigenvalue weighted by Crippen LogP contribution is -2.42. The maximum absolute atomic E-state index is 12.2. The molecule has 5 nitrogen and oxygen atoms in total. The van der Waals surface area contributed by atoms with Crippen LogP contribution < -0.4 is 5.32 Å². The molecule has 0 spiro atoms. The number of hydrogen-bond acceptors (Lipinski definition) is 4. The lowest BCUT2D eigenvalue weighted by Gasteiger charge is -2.32. The van der Waals surface area contributed by atoms with Gasteiger partial charge in [0.1, 0.15) is 0 Å². The van der Waals surface area contributed by atoms with Crippen molar-refractivity contribution in [3.05, 3.63) is 29.6 Å². The molecule has 1 atom stereocenters. The highest BCUT2D eigenvalue weighted by Crippen LogP contribution is 2.15. The SMILES string of the molecule is COCCN1CCC[C@H](CNC(=O)c2ccncc2C)C1. The fraction of sp³-hybridized carbons (Fsp3) is 0.625. The van der Waals surface area contributed by atoms with Gasteiger partial charge in [-0.15, -0.1) is 0 Å². The summed E-state index contributed by atoms with van der Waals surface area (Å²) in [5.41, 5.74) is 1.64. The third-order valence-corrected chi connectivity index (χ3v) is 4.03. The molecule has 0 aromatic carbocycles. The molecule has 1 fully saturated rings. The number of amides is 1. The molecular weight excluding hydrogens is 266 g/mol. The average molecular weight is 291 g/mol. The molecule has 0 unspecified atom stereocenters. The number of aryl methyl sites for hydroxylation is 1. The van der Waals surface area contributed by atoms with E-state index in [1.54, 1.807) is 25.6 Å². The number of likely N-dealkylation sites (tertiary alicyclic amines) is 1. The molecule has 2 heterocycles. The Kier molecular flexibility index (Phi) is 6.14. The minimum Gasteiger partial charge on any atom is -0.383 e. The Hall–Kier alpha value is -1.46. The van der Waals surface area contributed by atoms with Crippen molar-refractivity contribution in [2.75, 3.05) is 39.9 Å². The molecule has 0 aliphatic carbocycles. The van der Waals surface area contributed by atoms with Gasteiger partial charge in [0.25, 0.3) is 5.91 Å². The van der Waals surface area contributed by atoms with E-state index in [9.17, 15) is 4.79 Å². The summed E-state index contributed by atoms with van der Waals surface area (Å²) in [6.45, 7) is 6.58. The van der Waals surface area contributed by atoms with Crippen LogP contribution in [0.2, 0.25) is 0 Å². The fourth-order valence-corrected chi connectivity index (χ4v) is 2.80. The zero-order chi connectivity index (χ0) is 15.1. The molecule has 1 aliphatic heterocycles. The predicted octanol–water partition coefficient (Wildman–Crippen LogP) is 1.48. The monoisotopic (exact) mass is 291 g/mol. The normalized spacial score (nSPS) is 19.4. The molecule has 0 bridgehead atoms. The maximum atomic E-state index is 12.2. The third-order valence-electron chi connectivity index (χ3n) is 4.03. The molecule has 1 amide bonds. The molecule has 21 heavy (non-hydrogen) atoms. The van der Waals surface area contributed by atoms with Crippen molar-refractivity contribution in [3.8, 4) is 0 Å². The van der Waals surface area contributed by atoms with E-state index in [0.29, 0.717) is 5.92 Å². The molecule has 2 rings (SSSR count). The molecule has 1 N–H and O–H groups in total. The smallest absolute Gasteiger partial charge is 0.251 e. The van der Waals surface area contributed by atoms with Crippen molar-refractivity contribution in [2.24, 2.45) is 5.92 Å². The number of aromatic nitrogens is 1. The van der Waals surface area contributed by atoms with Gasteiger partial charge in [-0.05, 0) is 43.9 Å². The highest BCUT2D eigenvalue weighted by molar-refractivity contribution is 5.95. The summed E-state index contributed by atoms with van der Waals surface area (Å²) in [6.07, 6.45) is 5.76. The Morgan fingerprint density at radius 2 is 2.43 bits per heavy atom. The average Bonchev–Trinajstić information content (AvgIpc) is 2.51. The molecule has 1 aromatic rings. The van der Waals surface area contributed by atoms with Gasteiger partial charge in [-0.2, -0.15) is 0 Å². The zero-order valence-corrected chi connectivity index (χ0v) is 13.0. The third kappa shape index (κ3) is 4.79. The van der Waals surface area contributed by atoms with E-state index in [1.165, 1.54) is 12.8 Å². The van der Waals surface area contributed by atoms with Crippen LogP contribution in [0.4, 0.5) is 0 Å². The summed E-state index contributed by atoms with van der Waals surface area (Å²) in [6, 6.07) is 1.77. The van der Waals surface area contributed by atoms with Crippen LogP contribution in [0.25, 0.3) is 0 Å². The Labute approximate surface area is 126 Å². The van der Waals surface area contributed by atoms with Crippen molar-refractivity contribution >= 4 is 5.91 Å². The summed E-state index contributed by atoms with van der Waals surface area (Å²) < 4.78 is 5.13. The van der Waals surface area contributed by atoms with Crippen molar-refractivity contribution in [1.82, 2.24) is 15.2 Å². The van der Waals surface area contributed by atoms with Gasteiger partial charge in [-0.25, -0.2) is 0 Å². The lowest BCUT2D eigenvalue weighted by molar-refractivity contribution is 0.0912. The quantitative estimate of drug-likeness (QED) is 0.862. The minimum atomic E-state index is 0.00362. The standard InChI is InChI=1S/C16H25N3O2/c1-13-10-17-6-5-15(13)16(20)18-11-14-4-3-7-19(12-14)8-9-21-2/h5-6,10,14H,3-4,7-9,11-12H2,1-2H3,(H,18,20)/t14-/m1/s1. The molecule has 5 heteroatoms. The van der Waals surface area contributed by atoms with Gasteiger partial charge in [0.2, 0.25) is 0 Å². The highest BCUT2D eigenvalue weighted by Gasteiger charge is 2.20. The Bertz CT molecular complexity index is 465. The molecule has 1 aromatic heterocycles. The fourth-order valence-electron chi connectivity index (χ4n) is 2.80. The van der Waals surface area contributed by atoms with Crippen molar-refractivity contribution in [2.45, 2.75) is 19.8 Å². The summed E-state index contributed by atoms with van der Waals surface area (Å²) in [5, 5.41) is 3.06. The van der Waals surface area contributed by atoms with Crippen LogP contribution >= 0.6 is 0 Å². The van der Waals surface area contributed by atoms with Crippen LogP contribution in [0.3, 0.4) is 0 Å². The second kappa shape index (κ2) is 8.10. The van der Waals surface area contributed by atoms with E-state index in [2.05, 4.69) is 15.2 Å². The Morgan fingerprint density at radius 3 is 3.19 bits per heavy atom. The van der Waals surface area contributed by atoms with Crippen LogP contribution in [-0.4, -0.2) is 55.7 Å². The van der Waals surface area contributed by atoms with Crippen LogP contribution in [0.5, 0.6) is 0 Å². The van der Waals surface area contributed by atoms with E-state index in [-0.39, 0.29) is 5.91 Å². The number of carbonyl (C=O) groups excluding carboxylic acids is 1. The topological polar surface area (TPSA) is 54.5 Å². The van der Waals surface area contributed by atoms with Crippen LogP contribution in [0, 0.1) is 12.8 Å². The highest BCUT2D eigenvalue weighted by atomic mass is 16.5. The number of methoxy groups -OCH3 is 1. The first kappa shape index (κ1) is 15.9. The van der Waals surface area contributed by atoms with Gasteiger partial charge in [-0.1, -0.05) is 0 Å². The lowest BCUT2D eigenvalue weighted by atomic mass is 9.98. The molecule has 0 radical (unpaired) electrons. The second-order valence-corrected chi connectivity index (χ2v) is 5.70. The second-order valence-electron chi connectivity index (χ2n) is 5.70. The largest absolute Gasteiger partial charge is 0.383 e. The van der Waals surface area contributed by atoms with Gasteiger partial charge in [0.15, 0.2) is 0 Å². The Morgan fingerprint density at radius 1 is 1.57 bits per heavy atom. The van der Waals surface area contributed by atoms with Crippen LogP contribution in [0.1, 0.15) is 28.8 Å². The molecular formula is C16H25N3O2. The number of hydrogen-bond donors (Lipinski definition) is 1. The summed E-state index contributed by atoms with van der Waals surface area (Å²) >= 11 is 0. The van der Waals surface area contributed by atoms with Crippen molar-refractivity contribution in [3.63, 3.8) is 0 Å².